The summed E-state index contributed by atoms with van der Waals surface area (Å²) >= 11 is 6.00. The quantitative estimate of drug-likeness (QED) is 0.176. The lowest BCUT2D eigenvalue weighted by atomic mass is 10.2. The minimum Gasteiger partial charge on any atom is -0.477 e. The number of piperazine rings is 1. The van der Waals surface area contributed by atoms with Gasteiger partial charge in [-0.2, -0.15) is 4.37 Å². The van der Waals surface area contributed by atoms with Crippen molar-refractivity contribution in [1.82, 2.24) is 19.5 Å². The number of amides is 2. The summed E-state index contributed by atoms with van der Waals surface area (Å²) in [5.74, 6) is -6.16. The number of halogens is 4. The van der Waals surface area contributed by atoms with E-state index >= 15 is 0 Å². The third-order valence-electron chi connectivity index (χ3n) is 5.73. The molecular formula is C22H27ClF3N5O5S. The van der Waals surface area contributed by atoms with Crippen molar-refractivity contribution in [2.24, 2.45) is 0 Å². The highest BCUT2D eigenvalue weighted by molar-refractivity contribution is 7.11. The topological polar surface area (TPSA) is 127 Å². The number of aliphatic hydroxyl groups is 1. The third kappa shape index (κ3) is 7.92. The molecule has 0 spiro atoms. The van der Waals surface area contributed by atoms with Gasteiger partial charge in [-0.05, 0) is 37.0 Å². The lowest BCUT2D eigenvalue weighted by Crippen LogP contribution is -2.47. The highest BCUT2D eigenvalue weighted by Crippen LogP contribution is 2.32. The number of unbranched alkanes of at least 4 members (excludes halogenated alkanes) is 1. The van der Waals surface area contributed by atoms with Gasteiger partial charge in [0.2, 0.25) is 5.88 Å². The molecular weight excluding hydrogens is 539 g/mol. The van der Waals surface area contributed by atoms with E-state index in [-0.39, 0.29) is 11.6 Å². The Morgan fingerprint density at radius 2 is 1.78 bits per heavy atom. The Morgan fingerprint density at radius 3 is 2.43 bits per heavy atom. The molecule has 1 aliphatic heterocycles. The van der Waals surface area contributed by atoms with Gasteiger partial charge in [-0.15, -0.1) is 0 Å². The van der Waals surface area contributed by atoms with Crippen LogP contribution in [0.4, 0.5) is 23.0 Å². The van der Waals surface area contributed by atoms with Crippen LogP contribution < -0.4 is 15.4 Å². The van der Waals surface area contributed by atoms with Crippen LogP contribution in [0.5, 0.6) is 5.88 Å². The summed E-state index contributed by atoms with van der Waals surface area (Å²) in [6, 6.07) is -0.0684. The zero-order valence-corrected chi connectivity index (χ0v) is 21.3. The molecule has 15 heteroatoms. The van der Waals surface area contributed by atoms with Crippen LogP contribution in [0, 0.1) is 17.5 Å². The van der Waals surface area contributed by atoms with Crippen molar-refractivity contribution < 1.29 is 37.7 Å². The van der Waals surface area contributed by atoms with Crippen LogP contribution in [-0.4, -0.2) is 88.8 Å². The van der Waals surface area contributed by atoms with Crippen LogP contribution in [-0.2, 0) is 6.61 Å². The lowest BCUT2D eigenvalue weighted by molar-refractivity contribution is 0.0693. The number of β-amino-alcohol motifs (C(OH)–C–C–N with tert-alkyl or cyclic N) is 1. The molecule has 2 aromatic rings. The number of nitrogens with one attached hydrogen (secondary N) is 2. The van der Waals surface area contributed by atoms with E-state index in [1.54, 1.807) is 0 Å². The molecule has 204 valence electrons. The summed E-state index contributed by atoms with van der Waals surface area (Å²) in [5.41, 5.74) is -1.29. The number of nitrogens with zero attached hydrogens (tertiary/aromatic N) is 3. The fraction of sp³-hybridized carbons (Fsp3) is 0.500. The summed E-state index contributed by atoms with van der Waals surface area (Å²) in [5, 5.41) is 22.7. The van der Waals surface area contributed by atoms with E-state index in [0.29, 0.717) is 37.1 Å². The summed E-state index contributed by atoms with van der Waals surface area (Å²) in [4.78, 5) is 28.5. The van der Waals surface area contributed by atoms with Gasteiger partial charge >= 0.3 is 12.0 Å². The van der Waals surface area contributed by atoms with Gasteiger partial charge in [0.1, 0.15) is 17.4 Å². The number of carbonyl (C=O) groups excluding carboxylic acids is 1. The molecule has 1 saturated heterocycles. The van der Waals surface area contributed by atoms with E-state index in [1.165, 1.54) is 0 Å². The fourth-order valence-electron chi connectivity index (χ4n) is 3.71. The molecule has 0 saturated carbocycles. The molecule has 2 heterocycles. The van der Waals surface area contributed by atoms with Crippen molar-refractivity contribution in [3.05, 3.63) is 39.7 Å². The third-order valence-corrected chi connectivity index (χ3v) is 6.75. The van der Waals surface area contributed by atoms with Crippen molar-refractivity contribution in [1.29, 1.82) is 0 Å². The SMILES string of the molecule is O=C(NCCCCN1CCN(CCO)CC1)Nc1snc(OCc2c(F)cc(Cl)c(F)c2F)c1C(=O)O. The number of ether oxygens (including phenoxy) is 1. The summed E-state index contributed by atoms with van der Waals surface area (Å²) in [6.07, 6.45) is 1.57. The maximum absolute atomic E-state index is 14.0. The lowest BCUT2D eigenvalue weighted by Gasteiger charge is -2.34. The van der Waals surface area contributed by atoms with Gasteiger partial charge in [-0.25, -0.2) is 22.8 Å². The summed E-state index contributed by atoms with van der Waals surface area (Å²) in [6.45, 7) is 4.91. The number of carboxylic acids is 1. The molecule has 2 amide bonds. The summed E-state index contributed by atoms with van der Waals surface area (Å²) in [7, 11) is 0. The second-order valence-corrected chi connectivity index (χ2v) is 9.41. The van der Waals surface area contributed by atoms with Crippen LogP contribution in [0.1, 0.15) is 28.8 Å². The first kappa shape index (κ1) is 28.9. The molecule has 10 nitrogen and oxygen atoms in total. The number of aromatic nitrogens is 1. The predicted molar refractivity (Wildman–Crippen MR) is 131 cm³/mol. The Hall–Kier alpha value is -2.65. The van der Waals surface area contributed by atoms with Gasteiger partial charge in [0.25, 0.3) is 0 Å². The number of aliphatic hydroxyl groups excluding tert-OH is 1. The molecule has 4 N–H and O–H groups in total. The summed E-state index contributed by atoms with van der Waals surface area (Å²) < 4.78 is 50.5. The van der Waals surface area contributed by atoms with Crippen molar-refractivity contribution >= 4 is 40.1 Å². The number of hydrogen-bond donors (Lipinski definition) is 4. The maximum Gasteiger partial charge on any atom is 0.344 e. The average molecular weight is 566 g/mol. The van der Waals surface area contributed by atoms with Crippen molar-refractivity contribution in [3.8, 4) is 5.88 Å². The number of hydrogen-bond acceptors (Lipinski definition) is 8. The number of carboxylic acid groups (broad SMARTS) is 1. The molecule has 37 heavy (non-hydrogen) atoms. The van der Waals surface area contributed by atoms with Crippen LogP contribution in [0.15, 0.2) is 6.07 Å². The Balaban J connectivity index is 1.46. The number of benzene rings is 1. The van der Waals surface area contributed by atoms with E-state index in [1.807, 2.05) is 0 Å². The second-order valence-electron chi connectivity index (χ2n) is 8.23. The van der Waals surface area contributed by atoms with Gasteiger partial charge in [0, 0.05) is 39.3 Å². The minimum absolute atomic E-state index is 0.135. The van der Waals surface area contributed by atoms with Gasteiger partial charge in [0.15, 0.2) is 17.2 Å². The smallest absolute Gasteiger partial charge is 0.344 e. The van der Waals surface area contributed by atoms with Gasteiger partial charge in [0.05, 0.1) is 17.2 Å². The first-order valence-electron chi connectivity index (χ1n) is 11.5. The standard InChI is InChI=1S/C22H27ClF3N5O5S/c23-14-11-15(24)13(17(25)18(14)26)12-36-19-16(21(33)34)20(37-29-19)28-22(35)27-3-1-2-4-30-5-7-31(8-6-30)9-10-32/h11,32H,1-10,12H2,(H,33,34)(H2,27,28,35). The molecule has 0 aliphatic carbocycles. The molecule has 0 atom stereocenters. The molecule has 1 fully saturated rings. The number of urea groups is 1. The molecule has 3 rings (SSSR count). The van der Waals surface area contributed by atoms with E-state index in [2.05, 4.69) is 24.8 Å². The van der Waals surface area contributed by atoms with Crippen molar-refractivity contribution in [2.75, 3.05) is 57.7 Å². The minimum atomic E-state index is -1.56. The van der Waals surface area contributed by atoms with E-state index in [0.717, 1.165) is 39.1 Å². The van der Waals surface area contributed by atoms with Crippen LogP contribution in [0.3, 0.4) is 0 Å². The highest BCUT2D eigenvalue weighted by atomic mass is 35.5. The molecule has 0 unspecified atom stereocenters. The fourth-order valence-corrected chi connectivity index (χ4v) is 4.61. The van der Waals surface area contributed by atoms with Crippen LogP contribution in [0.2, 0.25) is 5.02 Å². The second kappa shape index (κ2) is 13.8. The number of aromatic carboxylic acids is 1. The Morgan fingerprint density at radius 1 is 1.11 bits per heavy atom. The first-order chi connectivity index (χ1) is 17.7. The normalized spacial score (nSPS) is 14.5. The first-order valence-corrected chi connectivity index (χ1v) is 12.6. The van der Waals surface area contributed by atoms with Crippen LogP contribution in [0.25, 0.3) is 0 Å². The molecule has 1 aliphatic rings. The Kier molecular flexibility index (Phi) is 10.8. The zero-order chi connectivity index (χ0) is 26.9. The average Bonchev–Trinajstić information content (AvgIpc) is 3.26. The highest BCUT2D eigenvalue weighted by Gasteiger charge is 2.25. The van der Waals surface area contributed by atoms with Crippen molar-refractivity contribution in [2.45, 2.75) is 19.4 Å². The largest absolute Gasteiger partial charge is 0.477 e. The zero-order valence-electron chi connectivity index (χ0n) is 19.7. The van der Waals surface area contributed by atoms with E-state index in [4.69, 9.17) is 21.4 Å². The monoisotopic (exact) mass is 565 g/mol. The Labute approximate surface area is 220 Å². The number of anilines is 1. The van der Waals surface area contributed by atoms with Crippen molar-refractivity contribution in [3.63, 3.8) is 0 Å². The number of rotatable bonds is 12. The number of carbonyl (C=O) groups is 2. The van der Waals surface area contributed by atoms with Crippen LogP contribution >= 0.6 is 23.1 Å². The predicted octanol–water partition coefficient (Wildman–Crippen LogP) is 3.00. The van der Waals surface area contributed by atoms with Gasteiger partial charge < -0.3 is 25.2 Å². The molecule has 1 aromatic carbocycles. The Bertz CT molecular complexity index is 1100. The molecule has 0 bridgehead atoms. The van der Waals surface area contributed by atoms with Gasteiger partial charge in [-0.1, -0.05) is 11.6 Å². The van der Waals surface area contributed by atoms with Gasteiger partial charge in [-0.3, -0.25) is 10.2 Å². The van der Waals surface area contributed by atoms with E-state index < -0.39 is 58.1 Å². The molecule has 1 aromatic heterocycles. The van der Waals surface area contributed by atoms with E-state index in [9.17, 15) is 27.9 Å². The molecule has 0 radical (unpaired) electrons. The maximum atomic E-state index is 14.0.